The van der Waals surface area contributed by atoms with Crippen LogP contribution in [0.25, 0.3) is 0 Å². The highest BCUT2D eigenvalue weighted by Crippen LogP contribution is 2.63. The van der Waals surface area contributed by atoms with Gasteiger partial charge < -0.3 is 20.6 Å². The Labute approximate surface area is 226 Å². The minimum Gasteiger partial charge on any atom is -0.390 e. The van der Waals surface area contributed by atoms with Crippen LogP contribution in [-0.2, 0) is 22.7 Å². The zero-order chi connectivity index (χ0) is 25.8. The van der Waals surface area contributed by atoms with E-state index in [1.54, 1.807) is 0 Å². The summed E-state index contributed by atoms with van der Waals surface area (Å²) in [5, 5.41) is 18.6. The van der Waals surface area contributed by atoms with Crippen LogP contribution in [0, 0.1) is 29.1 Å². The Morgan fingerprint density at radius 1 is 0.816 bits per heavy atom. The van der Waals surface area contributed by atoms with Crippen LogP contribution in [-0.4, -0.2) is 45.0 Å². The van der Waals surface area contributed by atoms with E-state index < -0.39 is 5.60 Å². The molecule has 38 heavy (non-hydrogen) atoms. The summed E-state index contributed by atoms with van der Waals surface area (Å²) in [6, 6.07) is 8.37. The Morgan fingerprint density at radius 2 is 1.39 bits per heavy atom. The van der Waals surface area contributed by atoms with E-state index in [4.69, 9.17) is 0 Å². The lowest BCUT2D eigenvalue weighted by Crippen LogP contribution is -2.70. The molecule has 0 saturated heterocycles. The maximum Gasteiger partial charge on any atom is 0.237 e. The topological polar surface area (TPSA) is 81.7 Å². The van der Waals surface area contributed by atoms with Gasteiger partial charge in [-0.15, -0.1) is 0 Å². The summed E-state index contributed by atoms with van der Waals surface area (Å²) < 4.78 is 0. The van der Waals surface area contributed by atoms with Crippen molar-refractivity contribution < 1.29 is 14.7 Å². The molecule has 1 aromatic rings. The van der Waals surface area contributed by atoms with E-state index in [1.165, 1.54) is 24.0 Å². The second-order valence-corrected chi connectivity index (χ2v) is 15.3. The summed E-state index contributed by atoms with van der Waals surface area (Å²) in [5.74, 6) is 2.91. The van der Waals surface area contributed by atoms with Gasteiger partial charge in [-0.2, -0.15) is 0 Å². The number of nitrogens with one attached hydrogen (secondary N) is 2. The number of carbonyl (C=O) groups is 2. The SMILES string of the molecule is O=C(CC12CC3CC(CC(O)(C3)C1)C2)NC12CC3CC(CC(NCC(=O)N4Cc5ccccc5C4)(C3)C1)C2. The van der Waals surface area contributed by atoms with Crippen LogP contribution in [0.3, 0.4) is 0 Å². The number of hydrogen-bond acceptors (Lipinski definition) is 4. The van der Waals surface area contributed by atoms with Gasteiger partial charge >= 0.3 is 0 Å². The van der Waals surface area contributed by atoms with Crippen molar-refractivity contribution in [3.8, 4) is 0 Å². The zero-order valence-corrected chi connectivity index (χ0v) is 22.6. The molecule has 8 fully saturated rings. The number of benzene rings is 1. The highest BCUT2D eigenvalue weighted by Gasteiger charge is 2.60. The van der Waals surface area contributed by atoms with Crippen molar-refractivity contribution in [3.05, 3.63) is 35.4 Å². The van der Waals surface area contributed by atoms with Crippen molar-refractivity contribution in [1.82, 2.24) is 15.5 Å². The highest BCUT2D eigenvalue weighted by molar-refractivity contribution is 5.79. The first-order chi connectivity index (χ1) is 18.2. The van der Waals surface area contributed by atoms with Crippen molar-refractivity contribution >= 4 is 11.8 Å². The van der Waals surface area contributed by atoms with Crippen LogP contribution in [0.1, 0.15) is 94.6 Å². The van der Waals surface area contributed by atoms with Crippen LogP contribution in [0.5, 0.6) is 0 Å². The summed E-state index contributed by atoms with van der Waals surface area (Å²) in [6.07, 6.45) is 13.5. The van der Waals surface area contributed by atoms with E-state index in [2.05, 4.69) is 34.9 Å². The third-order valence-electron chi connectivity index (χ3n) is 12.0. The van der Waals surface area contributed by atoms with Gasteiger partial charge in [-0.3, -0.25) is 9.59 Å². The third kappa shape index (κ3) is 3.96. The molecule has 3 N–H and O–H groups in total. The molecule has 0 radical (unpaired) electrons. The van der Waals surface area contributed by atoms with Gasteiger partial charge in [0.15, 0.2) is 0 Å². The van der Waals surface area contributed by atoms with Crippen molar-refractivity contribution in [2.75, 3.05) is 6.54 Å². The molecule has 6 heteroatoms. The molecular formula is C32H43N3O3. The third-order valence-corrected chi connectivity index (χ3v) is 12.0. The Bertz CT molecular complexity index is 1130. The van der Waals surface area contributed by atoms with Crippen molar-refractivity contribution in [3.63, 3.8) is 0 Å². The molecule has 4 atom stereocenters. The Morgan fingerprint density at radius 3 is 2.00 bits per heavy atom. The van der Waals surface area contributed by atoms with Gasteiger partial charge in [0.1, 0.15) is 0 Å². The normalized spacial score (nSPS) is 45.4. The van der Waals surface area contributed by atoms with Gasteiger partial charge in [0, 0.05) is 30.6 Å². The fourth-order valence-electron chi connectivity index (χ4n) is 11.8. The van der Waals surface area contributed by atoms with Gasteiger partial charge in [0.2, 0.25) is 11.8 Å². The summed E-state index contributed by atoms with van der Waals surface area (Å²) in [5.41, 5.74) is 1.88. The fraction of sp³-hybridized carbons (Fsp3) is 0.750. The highest BCUT2D eigenvalue weighted by atomic mass is 16.3. The minimum atomic E-state index is -0.512. The monoisotopic (exact) mass is 517 g/mol. The van der Waals surface area contributed by atoms with Gasteiger partial charge in [0.25, 0.3) is 0 Å². The number of rotatable bonds is 6. The number of fused-ring (bicyclic) bond motifs is 1. The second kappa shape index (κ2) is 8.06. The molecule has 0 aromatic heterocycles. The number of carbonyl (C=O) groups excluding carboxylic acids is 2. The van der Waals surface area contributed by atoms with E-state index in [0.717, 1.165) is 64.2 Å². The predicted molar refractivity (Wildman–Crippen MR) is 144 cm³/mol. The molecule has 1 aliphatic heterocycles. The molecule has 8 aliphatic carbocycles. The quantitative estimate of drug-likeness (QED) is 0.532. The molecule has 6 nitrogen and oxygen atoms in total. The lowest BCUT2D eigenvalue weighted by molar-refractivity contribution is -0.170. The van der Waals surface area contributed by atoms with Gasteiger partial charge in [-0.05, 0) is 117 Å². The smallest absolute Gasteiger partial charge is 0.237 e. The first kappa shape index (κ1) is 23.9. The summed E-state index contributed by atoms with van der Waals surface area (Å²) in [4.78, 5) is 28.9. The van der Waals surface area contributed by atoms with E-state index in [1.807, 2.05) is 4.90 Å². The van der Waals surface area contributed by atoms with Crippen LogP contribution in [0.4, 0.5) is 0 Å². The molecule has 204 valence electrons. The van der Waals surface area contributed by atoms with Gasteiger partial charge in [-0.1, -0.05) is 24.3 Å². The molecule has 9 aliphatic rings. The number of amides is 2. The maximum absolute atomic E-state index is 13.7. The molecule has 10 rings (SSSR count). The summed E-state index contributed by atoms with van der Waals surface area (Å²) in [7, 11) is 0. The largest absolute Gasteiger partial charge is 0.390 e. The molecule has 2 amide bonds. The predicted octanol–water partition coefficient (Wildman–Crippen LogP) is 4.05. The lowest BCUT2D eigenvalue weighted by atomic mass is 9.47. The lowest BCUT2D eigenvalue weighted by Gasteiger charge is -2.63. The van der Waals surface area contributed by atoms with Crippen molar-refractivity contribution in [1.29, 1.82) is 0 Å². The van der Waals surface area contributed by atoms with Crippen LogP contribution in [0.15, 0.2) is 24.3 Å². The van der Waals surface area contributed by atoms with Crippen molar-refractivity contribution in [2.45, 2.75) is 113 Å². The van der Waals surface area contributed by atoms with Gasteiger partial charge in [0.05, 0.1) is 12.1 Å². The summed E-state index contributed by atoms with van der Waals surface area (Å²) >= 11 is 0. The molecule has 1 aromatic carbocycles. The fourth-order valence-corrected chi connectivity index (χ4v) is 11.8. The van der Waals surface area contributed by atoms with Gasteiger partial charge in [-0.25, -0.2) is 0 Å². The number of hydrogen-bond donors (Lipinski definition) is 3. The standard InChI is InChI=1S/C32H43N3O3/c36-27(15-29-7-21-5-22(8-29)14-32(38,13-21)19-29)34-31-11-23-6-24(12-31)10-30(9-23,20-31)33-16-28(37)35-17-25-3-1-2-4-26(25)18-35/h1-4,21-24,33,38H,5-20H2,(H,34,36). The number of nitrogens with zero attached hydrogens (tertiary/aromatic N) is 1. The molecule has 8 saturated carbocycles. The van der Waals surface area contributed by atoms with E-state index in [0.29, 0.717) is 49.7 Å². The minimum absolute atomic E-state index is 0.0148. The molecule has 1 heterocycles. The Balaban J connectivity index is 0.937. The molecule has 0 spiro atoms. The molecule has 8 bridgehead atoms. The van der Waals surface area contributed by atoms with Crippen LogP contribution >= 0.6 is 0 Å². The van der Waals surface area contributed by atoms with Crippen LogP contribution in [0.2, 0.25) is 0 Å². The van der Waals surface area contributed by atoms with Crippen molar-refractivity contribution in [2.24, 2.45) is 29.1 Å². The first-order valence-electron chi connectivity index (χ1n) is 15.3. The second-order valence-electron chi connectivity index (χ2n) is 15.3. The maximum atomic E-state index is 13.7. The molecule has 4 unspecified atom stereocenters. The van der Waals surface area contributed by atoms with E-state index in [-0.39, 0.29) is 28.3 Å². The average Bonchev–Trinajstić information content (AvgIpc) is 3.24. The summed E-state index contributed by atoms with van der Waals surface area (Å²) in [6.45, 7) is 1.82. The van der Waals surface area contributed by atoms with Crippen LogP contribution < -0.4 is 10.6 Å². The molecular weight excluding hydrogens is 474 g/mol. The Hall–Kier alpha value is -1.92. The van der Waals surface area contributed by atoms with E-state index >= 15 is 0 Å². The average molecular weight is 518 g/mol. The Kier molecular flexibility index (Phi) is 5.08. The van der Waals surface area contributed by atoms with E-state index in [9.17, 15) is 14.7 Å². The zero-order valence-electron chi connectivity index (χ0n) is 22.6. The first-order valence-corrected chi connectivity index (χ1v) is 15.3. The number of aliphatic hydroxyl groups is 1.